The van der Waals surface area contributed by atoms with Crippen LogP contribution in [0.2, 0.25) is 0 Å². The molecule has 0 bridgehead atoms. The second kappa shape index (κ2) is 7.27. The molecule has 126 valence electrons. The number of aromatic nitrogens is 2. The summed E-state index contributed by atoms with van der Waals surface area (Å²) >= 11 is 0. The molecule has 0 saturated carbocycles. The Morgan fingerprint density at radius 3 is 3.12 bits per heavy atom. The molecule has 7 heteroatoms. The molecule has 3 heterocycles. The monoisotopic (exact) mass is 328 g/mol. The zero-order valence-electron chi connectivity index (χ0n) is 13.5. The fraction of sp³-hybridized carbons (Fsp3) is 0.353. The first-order chi connectivity index (χ1) is 11.6. The molecule has 7 nitrogen and oxygen atoms in total. The third kappa shape index (κ3) is 3.80. The van der Waals surface area contributed by atoms with Gasteiger partial charge in [-0.3, -0.25) is 14.6 Å². The summed E-state index contributed by atoms with van der Waals surface area (Å²) in [4.78, 5) is 28.0. The maximum Gasteiger partial charge on any atom is 0.268 e. The fourth-order valence-corrected chi connectivity index (χ4v) is 2.60. The number of ether oxygens (including phenoxy) is 1. The molecule has 1 aliphatic rings. The molecule has 2 aromatic rings. The standard InChI is InChI=1S/C17H20N4O3/c1-21-15(3-2-4-16(21)22)17(23)20-10-12-9-13(6-8-19-12)24-14-5-7-18-11-14/h2-4,6,8-9,14,18H,5,7,10-11H2,1H3,(H,20,23). The first-order valence-corrected chi connectivity index (χ1v) is 7.90. The van der Waals surface area contributed by atoms with Gasteiger partial charge in [-0.15, -0.1) is 0 Å². The van der Waals surface area contributed by atoms with Gasteiger partial charge in [-0.2, -0.15) is 0 Å². The van der Waals surface area contributed by atoms with Crippen LogP contribution in [-0.4, -0.2) is 34.7 Å². The molecule has 3 rings (SSSR count). The number of nitrogens with zero attached hydrogens (tertiary/aromatic N) is 2. The van der Waals surface area contributed by atoms with Gasteiger partial charge in [0.05, 0.1) is 12.2 Å². The van der Waals surface area contributed by atoms with Crippen molar-refractivity contribution in [2.45, 2.75) is 19.1 Å². The van der Waals surface area contributed by atoms with E-state index in [-0.39, 0.29) is 24.1 Å². The van der Waals surface area contributed by atoms with E-state index in [2.05, 4.69) is 15.6 Å². The highest BCUT2D eigenvalue weighted by molar-refractivity contribution is 5.92. The zero-order valence-corrected chi connectivity index (χ0v) is 13.5. The highest BCUT2D eigenvalue weighted by Gasteiger charge is 2.16. The van der Waals surface area contributed by atoms with E-state index in [1.54, 1.807) is 25.4 Å². The SMILES string of the molecule is Cn1c(C(=O)NCc2cc(OC3CCNC3)ccn2)cccc1=O. The van der Waals surface area contributed by atoms with E-state index in [0.717, 1.165) is 25.3 Å². The number of carbonyl (C=O) groups is 1. The van der Waals surface area contributed by atoms with Crippen molar-refractivity contribution >= 4 is 5.91 Å². The Kier molecular flexibility index (Phi) is 4.90. The molecule has 1 saturated heterocycles. The summed E-state index contributed by atoms with van der Waals surface area (Å²) < 4.78 is 7.20. The number of hydrogen-bond acceptors (Lipinski definition) is 5. The van der Waals surface area contributed by atoms with Gasteiger partial charge in [0.15, 0.2) is 0 Å². The van der Waals surface area contributed by atoms with Crippen molar-refractivity contribution in [3.63, 3.8) is 0 Å². The topological polar surface area (TPSA) is 85.2 Å². The molecule has 24 heavy (non-hydrogen) atoms. The van der Waals surface area contributed by atoms with Gasteiger partial charge in [-0.25, -0.2) is 0 Å². The minimum atomic E-state index is -0.316. The van der Waals surface area contributed by atoms with Crippen LogP contribution in [0, 0.1) is 0 Å². The Balaban J connectivity index is 1.62. The molecular weight excluding hydrogens is 308 g/mol. The van der Waals surface area contributed by atoms with E-state index in [9.17, 15) is 9.59 Å². The number of pyridine rings is 2. The van der Waals surface area contributed by atoms with E-state index in [0.29, 0.717) is 11.4 Å². The number of carbonyl (C=O) groups excluding carboxylic acids is 1. The van der Waals surface area contributed by atoms with Crippen LogP contribution in [-0.2, 0) is 13.6 Å². The molecule has 2 aromatic heterocycles. The lowest BCUT2D eigenvalue weighted by atomic mass is 10.3. The van der Waals surface area contributed by atoms with Crippen LogP contribution in [0.3, 0.4) is 0 Å². The molecule has 1 unspecified atom stereocenters. The molecule has 1 amide bonds. The van der Waals surface area contributed by atoms with Crippen molar-refractivity contribution < 1.29 is 9.53 Å². The third-order valence-electron chi connectivity index (χ3n) is 3.95. The molecule has 0 aliphatic carbocycles. The van der Waals surface area contributed by atoms with Gasteiger partial charge in [0.2, 0.25) is 0 Å². The molecule has 0 radical (unpaired) electrons. The first-order valence-electron chi connectivity index (χ1n) is 7.90. The van der Waals surface area contributed by atoms with Crippen LogP contribution in [0.4, 0.5) is 0 Å². The Hall–Kier alpha value is -2.67. The minimum Gasteiger partial charge on any atom is -0.489 e. The normalized spacial score (nSPS) is 16.8. The van der Waals surface area contributed by atoms with E-state index >= 15 is 0 Å². The summed E-state index contributed by atoms with van der Waals surface area (Å²) in [6.07, 6.45) is 2.82. The smallest absolute Gasteiger partial charge is 0.268 e. The lowest BCUT2D eigenvalue weighted by Gasteiger charge is -2.13. The molecule has 0 aromatic carbocycles. The van der Waals surface area contributed by atoms with Crippen molar-refractivity contribution in [1.82, 2.24) is 20.2 Å². The largest absolute Gasteiger partial charge is 0.489 e. The predicted molar refractivity (Wildman–Crippen MR) is 89.0 cm³/mol. The van der Waals surface area contributed by atoms with Gasteiger partial charge in [-0.05, 0) is 25.1 Å². The number of amides is 1. The Labute approximate surface area is 139 Å². The van der Waals surface area contributed by atoms with Crippen molar-refractivity contribution in [1.29, 1.82) is 0 Å². The van der Waals surface area contributed by atoms with Crippen molar-refractivity contribution in [2.24, 2.45) is 7.05 Å². The van der Waals surface area contributed by atoms with Gasteiger partial charge in [0.25, 0.3) is 11.5 Å². The minimum absolute atomic E-state index is 0.175. The van der Waals surface area contributed by atoms with E-state index in [1.807, 2.05) is 12.1 Å². The Morgan fingerprint density at radius 2 is 2.33 bits per heavy atom. The molecule has 1 atom stereocenters. The van der Waals surface area contributed by atoms with Gasteiger partial charge in [0, 0.05) is 31.9 Å². The average molecular weight is 328 g/mol. The van der Waals surface area contributed by atoms with E-state index in [1.165, 1.54) is 10.6 Å². The number of nitrogens with one attached hydrogen (secondary N) is 2. The molecule has 1 aliphatic heterocycles. The summed E-state index contributed by atoms with van der Waals surface area (Å²) in [6.45, 7) is 2.08. The van der Waals surface area contributed by atoms with E-state index in [4.69, 9.17) is 4.74 Å². The van der Waals surface area contributed by atoms with Crippen molar-refractivity contribution in [2.75, 3.05) is 13.1 Å². The van der Waals surface area contributed by atoms with Gasteiger partial charge >= 0.3 is 0 Å². The third-order valence-corrected chi connectivity index (χ3v) is 3.95. The lowest BCUT2D eigenvalue weighted by molar-refractivity contribution is 0.0941. The van der Waals surface area contributed by atoms with E-state index < -0.39 is 0 Å². The quantitative estimate of drug-likeness (QED) is 0.832. The maximum atomic E-state index is 12.2. The van der Waals surface area contributed by atoms with Crippen molar-refractivity contribution in [3.05, 3.63) is 58.3 Å². The second-order valence-corrected chi connectivity index (χ2v) is 5.71. The van der Waals surface area contributed by atoms with Crippen LogP contribution < -0.4 is 20.9 Å². The summed E-state index contributed by atoms with van der Waals surface area (Å²) in [7, 11) is 1.57. The summed E-state index contributed by atoms with van der Waals surface area (Å²) in [6, 6.07) is 8.22. The number of rotatable bonds is 5. The fourth-order valence-electron chi connectivity index (χ4n) is 2.60. The molecule has 0 spiro atoms. The van der Waals surface area contributed by atoms with Gasteiger partial charge in [-0.1, -0.05) is 6.07 Å². The Bertz CT molecular complexity index is 781. The van der Waals surface area contributed by atoms with Crippen molar-refractivity contribution in [3.8, 4) is 5.75 Å². The van der Waals surface area contributed by atoms with Crippen LogP contribution in [0.5, 0.6) is 5.75 Å². The highest BCUT2D eigenvalue weighted by atomic mass is 16.5. The van der Waals surface area contributed by atoms with Crippen LogP contribution in [0.25, 0.3) is 0 Å². The van der Waals surface area contributed by atoms with Crippen LogP contribution >= 0.6 is 0 Å². The summed E-state index contributed by atoms with van der Waals surface area (Å²) in [5, 5.41) is 6.02. The van der Waals surface area contributed by atoms with Gasteiger partial charge < -0.3 is 19.9 Å². The highest BCUT2D eigenvalue weighted by Crippen LogP contribution is 2.15. The maximum absolute atomic E-state index is 12.2. The lowest BCUT2D eigenvalue weighted by Crippen LogP contribution is -2.30. The molecule has 2 N–H and O–H groups in total. The average Bonchev–Trinajstić information content (AvgIpc) is 3.08. The van der Waals surface area contributed by atoms with Crippen LogP contribution in [0.1, 0.15) is 22.6 Å². The summed E-state index contributed by atoms with van der Waals surface area (Å²) in [5.74, 6) is 0.429. The molecule has 1 fully saturated rings. The zero-order chi connectivity index (χ0) is 16.9. The summed E-state index contributed by atoms with van der Waals surface area (Å²) in [5.41, 5.74) is 0.793. The van der Waals surface area contributed by atoms with Crippen LogP contribution in [0.15, 0.2) is 41.3 Å². The van der Waals surface area contributed by atoms with Gasteiger partial charge in [0.1, 0.15) is 17.5 Å². The predicted octanol–water partition coefficient (Wildman–Crippen LogP) is 0.451. The number of hydrogen-bond donors (Lipinski definition) is 2. The Morgan fingerprint density at radius 1 is 1.46 bits per heavy atom. The first kappa shape index (κ1) is 16.2. The second-order valence-electron chi connectivity index (χ2n) is 5.71. The molecular formula is C17H20N4O3.